The second kappa shape index (κ2) is 16.0. The van der Waals surface area contributed by atoms with Crippen molar-refractivity contribution in [1.29, 1.82) is 0 Å². The molecule has 55 valence electrons. The summed E-state index contributed by atoms with van der Waals surface area (Å²) in [5.41, 5.74) is 0. The summed E-state index contributed by atoms with van der Waals surface area (Å²) in [6, 6.07) is 0. The molecular formula is C7H17NY-2. The Bertz CT molecular complexity index is 28.1. The first-order valence-electron chi connectivity index (χ1n) is 3.08. The summed E-state index contributed by atoms with van der Waals surface area (Å²) in [5.74, 6) is 0. The van der Waals surface area contributed by atoms with Crippen LogP contribution in [0.1, 0.15) is 13.8 Å². The molecule has 1 radical (unpaired) electrons. The fourth-order valence-electron chi connectivity index (χ4n) is 0.112. The molecule has 0 fully saturated rings. The minimum absolute atomic E-state index is 0. The molecule has 0 N–H and O–H groups in total. The summed E-state index contributed by atoms with van der Waals surface area (Å²) in [5, 5.41) is 0. The van der Waals surface area contributed by atoms with Crippen LogP contribution in [0.5, 0.6) is 0 Å². The van der Waals surface area contributed by atoms with Gasteiger partial charge < -0.3 is 18.7 Å². The van der Waals surface area contributed by atoms with E-state index in [0.29, 0.717) is 0 Å². The number of hydrogen-bond donors (Lipinski definition) is 0. The maximum absolute atomic E-state index is 3.64. The predicted molar refractivity (Wildman–Crippen MR) is 39.6 cm³/mol. The van der Waals surface area contributed by atoms with Gasteiger partial charge >= 0.3 is 0 Å². The van der Waals surface area contributed by atoms with Gasteiger partial charge in [-0.1, -0.05) is 13.8 Å². The van der Waals surface area contributed by atoms with Crippen LogP contribution in [0.4, 0.5) is 0 Å². The molecule has 0 aromatic rings. The SMILES string of the molecule is CC.[CH2-]CN(C)C[CH2-].[Y]. The Balaban J connectivity index is -0.000000109. The van der Waals surface area contributed by atoms with Gasteiger partial charge in [0.1, 0.15) is 0 Å². The summed E-state index contributed by atoms with van der Waals surface area (Å²) >= 11 is 0. The first kappa shape index (κ1) is 16.6. The largest absolute Gasteiger partial charge is 0.365 e. The Morgan fingerprint density at radius 2 is 1.33 bits per heavy atom. The fraction of sp³-hybridized carbons (Fsp3) is 0.714. The Hall–Kier alpha value is 1.06. The van der Waals surface area contributed by atoms with Gasteiger partial charge in [-0.2, -0.15) is 0 Å². The zero-order valence-electron chi connectivity index (χ0n) is 6.85. The van der Waals surface area contributed by atoms with Crippen LogP contribution in [0.15, 0.2) is 0 Å². The molecule has 0 atom stereocenters. The quantitative estimate of drug-likeness (QED) is 0.617. The van der Waals surface area contributed by atoms with E-state index in [-0.39, 0.29) is 32.7 Å². The van der Waals surface area contributed by atoms with Gasteiger partial charge in [0.2, 0.25) is 0 Å². The molecule has 0 aliphatic carbocycles. The van der Waals surface area contributed by atoms with Crippen molar-refractivity contribution in [1.82, 2.24) is 4.90 Å². The normalized spacial score (nSPS) is 7.33. The average Bonchev–Trinajstić information content (AvgIpc) is 1.91. The van der Waals surface area contributed by atoms with Gasteiger partial charge in [0.15, 0.2) is 0 Å². The third-order valence-electron chi connectivity index (χ3n) is 0.763. The second-order valence-corrected chi connectivity index (χ2v) is 1.30. The van der Waals surface area contributed by atoms with Crippen molar-refractivity contribution in [3.63, 3.8) is 0 Å². The van der Waals surface area contributed by atoms with E-state index in [9.17, 15) is 0 Å². The van der Waals surface area contributed by atoms with Gasteiger partial charge in [-0.25, -0.2) is 0 Å². The number of hydrogen-bond acceptors (Lipinski definition) is 1. The van der Waals surface area contributed by atoms with Crippen LogP contribution in [-0.4, -0.2) is 25.0 Å². The smallest absolute Gasteiger partial charge is 0 e. The zero-order chi connectivity index (χ0) is 6.99. The van der Waals surface area contributed by atoms with Gasteiger partial charge in [0.05, 0.1) is 0 Å². The molecule has 0 saturated heterocycles. The molecule has 0 amide bonds. The Kier molecular flexibility index (Phi) is 29.5. The van der Waals surface area contributed by atoms with Crippen LogP contribution in [0.2, 0.25) is 0 Å². The van der Waals surface area contributed by atoms with E-state index >= 15 is 0 Å². The van der Waals surface area contributed by atoms with Crippen molar-refractivity contribution in [2.45, 2.75) is 13.8 Å². The van der Waals surface area contributed by atoms with Gasteiger partial charge in [0.25, 0.3) is 0 Å². The van der Waals surface area contributed by atoms with Gasteiger partial charge in [-0.05, 0) is 7.05 Å². The number of nitrogens with zero attached hydrogens (tertiary/aromatic N) is 1. The molecule has 0 heterocycles. The topological polar surface area (TPSA) is 3.24 Å². The molecule has 0 spiro atoms. The van der Waals surface area contributed by atoms with E-state index in [4.69, 9.17) is 0 Å². The third kappa shape index (κ3) is 17.6. The van der Waals surface area contributed by atoms with Crippen molar-refractivity contribution in [3.05, 3.63) is 13.8 Å². The van der Waals surface area contributed by atoms with Crippen molar-refractivity contribution >= 4 is 0 Å². The van der Waals surface area contributed by atoms with Crippen molar-refractivity contribution in [3.8, 4) is 0 Å². The van der Waals surface area contributed by atoms with E-state index in [1.54, 1.807) is 0 Å². The molecule has 0 aromatic carbocycles. The van der Waals surface area contributed by atoms with Crippen LogP contribution in [0.3, 0.4) is 0 Å². The molecule has 0 saturated carbocycles. The van der Waals surface area contributed by atoms with Crippen LogP contribution in [0, 0.1) is 13.8 Å². The fourth-order valence-corrected chi connectivity index (χ4v) is 0.112. The molecule has 0 rings (SSSR count). The van der Waals surface area contributed by atoms with Crippen molar-refractivity contribution in [2.75, 3.05) is 20.1 Å². The summed E-state index contributed by atoms with van der Waals surface area (Å²) in [6.07, 6.45) is 0. The molecule has 0 unspecified atom stereocenters. The monoisotopic (exact) mass is 204 g/mol. The van der Waals surface area contributed by atoms with Gasteiger partial charge in [0, 0.05) is 32.7 Å². The first-order chi connectivity index (χ1) is 3.81. The van der Waals surface area contributed by atoms with E-state index in [1.807, 2.05) is 25.8 Å². The molecule has 0 bridgehead atoms. The Labute approximate surface area is 85.1 Å². The minimum Gasteiger partial charge on any atom is -0.365 e. The summed E-state index contributed by atoms with van der Waals surface area (Å²) < 4.78 is 0. The van der Waals surface area contributed by atoms with Crippen molar-refractivity contribution < 1.29 is 32.7 Å². The van der Waals surface area contributed by atoms with Crippen LogP contribution >= 0.6 is 0 Å². The first-order valence-corrected chi connectivity index (χ1v) is 3.08. The number of rotatable bonds is 2. The molecule has 2 heteroatoms. The Morgan fingerprint density at radius 1 is 1.11 bits per heavy atom. The maximum Gasteiger partial charge on any atom is 0 e. The maximum atomic E-state index is 3.64. The van der Waals surface area contributed by atoms with Gasteiger partial charge in [-0.15, -0.1) is 13.1 Å². The van der Waals surface area contributed by atoms with Crippen molar-refractivity contribution in [2.24, 2.45) is 0 Å². The molecule has 9 heavy (non-hydrogen) atoms. The minimum atomic E-state index is 0. The Morgan fingerprint density at radius 3 is 1.33 bits per heavy atom. The molecular weight excluding hydrogens is 187 g/mol. The summed E-state index contributed by atoms with van der Waals surface area (Å²) in [6.45, 7) is 13.0. The molecule has 1 nitrogen and oxygen atoms in total. The summed E-state index contributed by atoms with van der Waals surface area (Å²) in [4.78, 5) is 2.03. The van der Waals surface area contributed by atoms with E-state index in [0.717, 1.165) is 13.1 Å². The third-order valence-corrected chi connectivity index (χ3v) is 0.763. The van der Waals surface area contributed by atoms with Crippen LogP contribution in [-0.2, 0) is 32.7 Å². The van der Waals surface area contributed by atoms with E-state index in [1.165, 1.54) is 0 Å². The zero-order valence-corrected chi connectivity index (χ0v) is 9.69. The van der Waals surface area contributed by atoms with E-state index in [2.05, 4.69) is 13.8 Å². The van der Waals surface area contributed by atoms with Crippen LogP contribution in [0.25, 0.3) is 0 Å². The van der Waals surface area contributed by atoms with Gasteiger partial charge in [-0.3, -0.25) is 0 Å². The second-order valence-electron chi connectivity index (χ2n) is 1.30. The molecule has 0 aromatic heterocycles. The predicted octanol–water partition coefficient (Wildman–Crippen LogP) is 1.61. The molecule has 0 aliphatic rings. The van der Waals surface area contributed by atoms with E-state index < -0.39 is 0 Å². The average molecular weight is 204 g/mol. The summed E-state index contributed by atoms with van der Waals surface area (Å²) in [7, 11) is 1.99. The van der Waals surface area contributed by atoms with Crippen LogP contribution < -0.4 is 0 Å². The standard InChI is InChI=1S/C5H11N.C2H6.Y/c1-4-6(3)5-2;1-2;/h1-2,4-5H2,3H3;1-2H3;/q-2;;. The molecule has 0 aliphatic heterocycles.